The number of hydrogen-bond donors (Lipinski definition) is 4. The lowest BCUT2D eigenvalue weighted by Crippen LogP contribution is -2.46. The number of carboxylic acid groups (broad SMARTS) is 1. The van der Waals surface area contributed by atoms with Crippen LogP contribution in [0.1, 0.15) is 6.42 Å². The standard InChI is InChI=1S/C9H17N3O5/c1-17-3-2-11-5-8(14)12-6(9(15)16)4-7(10)13/h6,11H,2-5H2,1H3,(H2,10,13)(H,12,14)(H,15,16)/t6-/m0/s1. The predicted octanol–water partition coefficient (Wildman–Crippen LogP) is -2.33. The molecule has 0 aromatic rings. The highest BCUT2D eigenvalue weighted by Gasteiger charge is 2.21. The van der Waals surface area contributed by atoms with Crippen molar-refractivity contribution < 1.29 is 24.2 Å². The molecule has 5 N–H and O–H groups in total. The Hall–Kier alpha value is -1.67. The molecule has 0 aliphatic heterocycles. The molecule has 0 aliphatic carbocycles. The summed E-state index contributed by atoms with van der Waals surface area (Å²) in [6.07, 6.45) is -0.431. The maximum absolute atomic E-state index is 11.3. The minimum atomic E-state index is -1.30. The van der Waals surface area contributed by atoms with Gasteiger partial charge in [-0.2, -0.15) is 0 Å². The van der Waals surface area contributed by atoms with E-state index >= 15 is 0 Å². The second-order valence-electron chi connectivity index (χ2n) is 3.30. The summed E-state index contributed by atoms with van der Waals surface area (Å²) >= 11 is 0. The maximum atomic E-state index is 11.3. The van der Waals surface area contributed by atoms with E-state index < -0.39 is 30.2 Å². The van der Waals surface area contributed by atoms with Crippen LogP contribution in [0, 0.1) is 0 Å². The molecule has 2 amide bonds. The molecule has 8 heteroatoms. The topological polar surface area (TPSA) is 131 Å². The van der Waals surface area contributed by atoms with Crippen LogP contribution in [0.5, 0.6) is 0 Å². The van der Waals surface area contributed by atoms with Gasteiger partial charge >= 0.3 is 5.97 Å². The Labute approximate surface area is 98.5 Å². The average molecular weight is 247 g/mol. The SMILES string of the molecule is COCCNCC(=O)N[C@@H](CC(N)=O)C(=O)O. The Morgan fingerprint density at radius 1 is 1.41 bits per heavy atom. The van der Waals surface area contributed by atoms with Gasteiger partial charge in [0.2, 0.25) is 11.8 Å². The molecular formula is C9H17N3O5. The fourth-order valence-electron chi connectivity index (χ4n) is 1.02. The Morgan fingerprint density at radius 2 is 2.06 bits per heavy atom. The number of methoxy groups -OCH3 is 1. The van der Waals surface area contributed by atoms with Crippen LogP contribution in [0.25, 0.3) is 0 Å². The number of nitrogens with one attached hydrogen (secondary N) is 2. The van der Waals surface area contributed by atoms with Crippen LogP contribution in [-0.2, 0) is 19.1 Å². The van der Waals surface area contributed by atoms with Gasteiger partial charge in [-0.05, 0) is 0 Å². The van der Waals surface area contributed by atoms with Crippen molar-refractivity contribution >= 4 is 17.8 Å². The third kappa shape index (κ3) is 8.17. The minimum Gasteiger partial charge on any atom is -0.480 e. The number of nitrogens with two attached hydrogens (primary N) is 1. The van der Waals surface area contributed by atoms with Crippen molar-refractivity contribution in [2.75, 3.05) is 26.8 Å². The molecule has 0 saturated heterocycles. The van der Waals surface area contributed by atoms with E-state index in [1.165, 1.54) is 7.11 Å². The average Bonchev–Trinajstić information content (AvgIpc) is 2.22. The molecule has 0 aliphatic rings. The highest BCUT2D eigenvalue weighted by Crippen LogP contribution is 1.91. The number of ether oxygens (including phenoxy) is 1. The molecule has 0 unspecified atom stereocenters. The second kappa shape index (κ2) is 8.48. The number of carbonyl (C=O) groups excluding carboxylic acids is 2. The Kier molecular flexibility index (Phi) is 7.65. The first kappa shape index (κ1) is 15.3. The van der Waals surface area contributed by atoms with Crippen molar-refractivity contribution in [3.8, 4) is 0 Å². The van der Waals surface area contributed by atoms with Gasteiger partial charge in [0.1, 0.15) is 6.04 Å². The van der Waals surface area contributed by atoms with E-state index in [0.29, 0.717) is 13.2 Å². The minimum absolute atomic E-state index is 0.0497. The van der Waals surface area contributed by atoms with E-state index in [1.807, 2.05) is 0 Å². The summed E-state index contributed by atoms with van der Waals surface area (Å²) in [5.74, 6) is -2.60. The van der Waals surface area contributed by atoms with Crippen LogP contribution in [0.2, 0.25) is 0 Å². The van der Waals surface area contributed by atoms with Gasteiger partial charge in [-0.25, -0.2) is 4.79 Å². The summed E-state index contributed by atoms with van der Waals surface area (Å²) in [5, 5.41) is 13.6. The van der Waals surface area contributed by atoms with Gasteiger partial charge in [0, 0.05) is 13.7 Å². The van der Waals surface area contributed by atoms with E-state index in [2.05, 4.69) is 10.6 Å². The Bertz CT molecular complexity index is 282. The van der Waals surface area contributed by atoms with E-state index in [9.17, 15) is 14.4 Å². The third-order valence-electron chi connectivity index (χ3n) is 1.81. The van der Waals surface area contributed by atoms with Gasteiger partial charge in [-0.1, -0.05) is 0 Å². The van der Waals surface area contributed by atoms with Gasteiger partial charge in [-0.15, -0.1) is 0 Å². The normalized spacial score (nSPS) is 11.8. The zero-order chi connectivity index (χ0) is 13.3. The van der Waals surface area contributed by atoms with Crippen molar-refractivity contribution in [3.63, 3.8) is 0 Å². The highest BCUT2D eigenvalue weighted by atomic mass is 16.5. The molecule has 0 rings (SSSR count). The molecule has 0 spiro atoms. The van der Waals surface area contributed by atoms with Crippen molar-refractivity contribution in [2.45, 2.75) is 12.5 Å². The first-order chi connectivity index (χ1) is 7.97. The maximum Gasteiger partial charge on any atom is 0.326 e. The van der Waals surface area contributed by atoms with E-state index in [1.54, 1.807) is 0 Å². The summed E-state index contributed by atoms with van der Waals surface area (Å²) in [4.78, 5) is 32.5. The molecular weight excluding hydrogens is 230 g/mol. The number of amides is 2. The molecule has 0 heterocycles. The lowest BCUT2D eigenvalue weighted by molar-refractivity contribution is -0.143. The predicted molar refractivity (Wildman–Crippen MR) is 58.1 cm³/mol. The third-order valence-corrected chi connectivity index (χ3v) is 1.81. The van der Waals surface area contributed by atoms with Crippen molar-refractivity contribution in [3.05, 3.63) is 0 Å². The number of aliphatic carboxylic acids is 1. The fourth-order valence-corrected chi connectivity index (χ4v) is 1.02. The quantitative estimate of drug-likeness (QED) is 0.338. The lowest BCUT2D eigenvalue weighted by Gasteiger charge is -2.12. The van der Waals surface area contributed by atoms with Crippen LogP contribution in [0.4, 0.5) is 0 Å². The highest BCUT2D eigenvalue weighted by molar-refractivity contribution is 5.88. The van der Waals surface area contributed by atoms with Gasteiger partial charge in [-0.3, -0.25) is 9.59 Å². The zero-order valence-electron chi connectivity index (χ0n) is 9.56. The molecule has 0 bridgehead atoms. The number of primary amides is 1. The van der Waals surface area contributed by atoms with Gasteiger partial charge in [0.25, 0.3) is 0 Å². The first-order valence-corrected chi connectivity index (χ1v) is 4.97. The summed E-state index contributed by atoms with van der Waals surface area (Å²) < 4.78 is 4.75. The lowest BCUT2D eigenvalue weighted by atomic mass is 10.2. The molecule has 8 nitrogen and oxygen atoms in total. The molecule has 0 fully saturated rings. The van der Waals surface area contributed by atoms with Gasteiger partial charge in [0.15, 0.2) is 0 Å². The second-order valence-corrected chi connectivity index (χ2v) is 3.30. The number of hydrogen-bond acceptors (Lipinski definition) is 5. The van der Waals surface area contributed by atoms with Crippen LogP contribution in [0.15, 0.2) is 0 Å². The molecule has 0 saturated carbocycles. The van der Waals surface area contributed by atoms with Crippen LogP contribution < -0.4 is 16.4 Å². The largest absolute Gasteiger partial charge is 0.480 e. The van der Waals surface area contributed by atoms with Gasteiger partial charge in [0.05, 0.1) is 19.6 Å². The van der Waals surface area contributed by atoms with Crippen LogP contribution in [0.3, 0.4) is 0 Å². The van der Waals surface area contributed by atoms with Crippen molar-refractivity contribution in [1.82, 2.24) is 10.6 Å². The molecule has 98 valence electrons. The van der Waals surface area contributed by atoms with Gasteiger partial charge < -0.3 is 26.2 Å². The molecule has 0 aromatic heterocycles. The van der Waals surface area contributed by atoms with Crippen LogP contribution in [-0.4, -0.2) is 55.7 Å². The number of rotatable bonds is 9. The van der Waals surface area contributed by atoms with E-state index in [0.717, 1.165) is 0 Å². The van der Waals surface area contributed by atoms with Crippen LogP contribution >= 0.6 is 0 Å². The molecule has 17 heavy (non-hydrogen) atoms. The number of carbonyl (C=O) groups is 3. The molecule has 0 aromatic carbocycles. The smallest absolute Gasteiger partial charge is 0.326 e. The Morgan fingerprint density at radius 3 is 2.53 bits per heavy atom. The summed E-state index contributed by atoms with van der Waals surface area (Å²) in [6, 6.07) is -1.29. The fraction of sp³-hybridized carbons (Fsp3) is 0.667. The zero-order valence-corrected chi connectivity index (χ0v) is 9.56. The van der Waals surface area contributed by atoms with E-state index in [4.69, 9.17) is 15.6 Å². The summed E-state index contributed by atoms with van der Waals surface area (Å²) in [5.41, 5.74) is 4.86. The first-order valence-electron chi connectivity index (χ1n) is 4.97. The summed E-state index contributed by atoms with van der Waals surface area (Å²) in [7, 11) is 1.52. The van der Waals surface area contributed by atoms with E-state index in [-0.39, 0.29) is 6.54 Å². The van der Waals surface area contributed by atoms with Crippen molar-refractivity contribution in [1.29, 1.82) is 0 Å². The van der Waals surface area contributed by atoms with Crippen molar-refractivity contribution in [2.24, 2.45) is 5.73 Å². The molecule has 0 radical (unpaired) electrons. The monoisotopic (exact) mass is 247 g/mol. The summed E-state index contributed by atoms with van der Waals surface area (Å²) in [6.45, 7) is 0.861. The Balaban J connectivity index is 3.96. The number of carboxylic acids is 1. The molecule has 1 atom stereocenters.